The van der Waals surface area contributed by atoms with Crippen LogP contribution in [0.5, 0.6) is 5.75 Å². The number of carbonyl (C=O) groups is 3. The monoisotopic (exact) mass is 354 g/mol. The number of ether oxygens (including phenoxy) is 1. The normalized spacial score (nSPS) is 16.1. The molecule has 3 rings (SSSR count). The molecular formula is C19H18N2O5. The van der Waals surface area contributed by atoms with Gasteiger partial charge in [0.2, 0.25) is 0 Å². The predicted molar refractivity (Wildman–Crippen MR) is 93.8 cm³/mol. The van der Waals surface area contributed by atoms with Crippen molar-refractivity contribution >= 4 is 17.9 Å². The molecule has 1 fully saturated rings. The standard InChI is InChI=1S/C19H18N2O5/c1-26-14-6-2-11(3-7-14)15-8-4-13(10-12(15)5-9-16(22)23)17-18(24)21-19(25)20-17/h2-4,6-8,10,17H,5,9H2,1H3,(H,22,23)(H2,20,21,24,25). The van der Waals surface area contributed by atoms with Crippen molar-refractivity contribution in [2.45, 2.75) is 18.9 Å². The average molecular weight is 354 g/mol. The lowest BCUT2D eigenvalue weighted by Gasteiger charge is -2.14. The molecule has 1 unspecified atom stereocenters. The van der Waals surface area contributed by atoms with E-state index in [0.29, 0.717) is 12.0 Å². The summed E-state index contributed by atoms with van der Waals surface area (Å²) in [5, 5.41) is 13.8. The average Bonchev–Trinajstić information content (AvgIpc) is 2.98. The van der Waals surface area contributed by atoms with Crippen LogP contribution in [0.15, 0.2) is 42.5 Å². The molecule has 0 saturated carbocycles. The first-order valence-corrected chi connectivity index (χ1v) is 8.08. The van der Waals surface area contributed by atoms with Crippen LogP contribution in [0, 0.1) is 0 Å². The zero-order valence-electron chi connectivity index (χ0n) is 14.1. The second kappa shape index (κ2) is 7.26. The number of carboxylic acid groups (broad SMARTS) is 1. The number of carbonyl (C=O) groups excluding carboxylic acids is 2. The molecule has 134 valence electrons. The van der Waals surface area contributed by atoms with Gasteiger partial charge in [0.25, 0.3) is 5.91 Å². The Morgan fingerprint density at radius 1 is 1.15 bits per heavy atom. The fourth-order valence-electron chi connectivity index (χ4n) is 2.95. The molecule has 0 spiro atoms. The molecule has 1 aliphatic rings. The quantitative estimate of drug-likeness (QED) is 0.690. The summed E-state index contributed by atoms with van der Waals surface area (Å²) in [5.41, 5.74) is 3.20. The molecule has 0 bridgehead atoms. The lowest BCUT2D eigenvalue weighted by molar-refractivity contribution is -0.137. The summed E-state index contributed by atoms with van der Waals surface area (Å²) in [4.78, 5) is 34.2. The number of urea groups is 1. The maximum atomic E-state index is 11.9. The highest BCUT2D eigenvalue weighted by Gasteiger charge is 2.31. The molecule has 2 aromatic carbocycles. The maximum absolute atomic E-state index is 11.9. The van der Waals surface area contributed by atoms with Gasteiger partial charge in [-0.2, -0.15) is 0 Å². The number of aliphatic carboxylic acids is 1. The Morgan fingerprint density at radius 2 is 1.88 bits per heavy atom. The van der Waals surface area contributed by atoms with Crippen molar-refractivity contribution in [2.24, 2.45) is 0 Å². The van der Waals surface area contributed by atoms with Crippen LogP contribution in [0.3, 0.4) is 0 Å². The van der Waals surface area contributed by atoms with Gasteiger partial charge in [-0.15, -0.1) is 0 Å². The van der Waals surface area contributed by atoms with E-state index >= 15 is 0 Å². The zero-order valence-corrected chi connectivity index (χ0v) is 14.1. The third-order valence-corrected chi connectivity index (χ3v) is 4.25. The van der Waals surface area contributed by atoms with Gasteiger partial charge in [0.05, 0.1) is 7.11 Å². The highest BCUT2D eigenvalue weighted by molar-refractivity contribution is 6.04. The zero-order chi connectivity index (χ0) is 18.7. The molecule has 26 heavy (non-hydrogen) atoms. The van der Waals surface area contributed by atoms with Crippen molar-refractivity contribution in [1.82, 2.24) is 10.6 Å². The van der Waals surface area contributed by atoms with E-state index in [2.05, 4.69) is 10.6 Å². The van der Waals surface area contributed by atoms with Gasteiger partial charge in [0.15, 0.2) is 0 Å². The number of benzene rings is 2. The van der Waals surface area contributed by atoms with E-state index in [9.17, 15) is 14.4 Å². The molecule has 0 aromatic heterocycles. The van der Waals surface area contributed by atoms with Gasteiger partial charge in [-0.25, -0.2) is 4.79 Å². The van der Waals surface area contributed by atoms with E-state index in [1.54, 1.807) is 19.2 Å². The molecule has 1 aliphatic heterocycles. The van der Waals surface area contributed by atoms with Gasteiger partial charge < -0.3 is 15.2 Å². The summed E-state index contributed by atoms with van der Waals surface area (Å²) in [6.45, 7) is 0. The predicted octanol–water partition coefficient (Wildman–Crippen LogP) is 2.26. The number of amides is 3. The molecular weight excluding hydrogens is 336 g/mol. The number of carboxylic acids is 1. The number of rotatable bonds is 6. The lowest BCUT2D eigenvalue weighted by atomic mass is 9.92. The van der Waals surface area contributed by atoms with Gasteiger partial charge in [-0.05, 0) is 40.8 Å². The minimum absolute atomic E-state index is 0.0319. The van der Waals surface area contributed by atoms with Crippen LogP contribution < -0.4 is 15.4 Å². The van der Waals surface area contributed by atoms with Crippen LogP contribution in [0.1, 0.15) is 23.6 Å². The van der Waals surface area contributed by atoms with E-state index in [4.69, 9.17) is 9.84 Å². The van der Waals surface area contributed by atoms with E-state index in [1.165, 1.54) is 0 Å². The first-order chi connectivity index (χ1) is 12.5. The Morgan fingerprint density at radius 3 is 2.46 bits per heavy atom. The second-order valence-corrected chi connectivity index (χ2v) is 5.93. The first-order valence-electron chi connectivity index (χ1n) is 8.08. The molecule has 3 amide bonds. The van der Waals surface area contributed by atoms with Crippen molar-refractivity contribution in [3.63, 3.8) is 0 Å². The van der Waals surface area contributed by atoms with Crippen molar-refractivity contribution in [3.8, 4) is 16.9 Å². The van der Waals surface area contributed by atoms with E-state index < -0.39 is 23.9 Å². The van der Waals surface area contributed by atoms with Crippen molar-refractivity contribution in [1.29, 1.82) is 0 Å². The molecule has 7 nitrogen and oxygen atoms in total. The minimum atomic E-state index is -0.900. The first kappa shape index (κ1) is 17.5. The molecule has 3 N–H and O–H groups in total. The number of hydrogen-bond donors (Lipinski definition) is 3. The van der Waals surface area contributed by atoms with E-state index in [0.717, 1.165) is 22.4 Å². The number of hydrogen-bond acceptors (Lipinski definition) is 4. The van der Waals surface area contributed by atoms with Crippen LogP contribution in [0.25, 0.3) is 11.1 Å². The summed E-state index contributed by atoms with van der Waals surface area (Å²) in [7, 11) is 1.59. The topological polar surface area (TPSA) is 105 Å². The highest BCUT2D eigenvalue weighted by atomic mass is 16.5. The largest absolute Gasteiger partial charge is 0.497 e. The van der Waals surface area contributed by atoms with Crippen LogP contribution in [-0.2, 0) is 16.0 Å². The molecule has 1 saturated heterocycles. The minimum Gasteiger partial charge on any atom is -0.497 e. The Balaban J connectivity index is 1.98. The Labute approximate surface area is 150 Å². The number of aryl methyl sites for hydroxylation is 1. The smallest absolute Gasteiger partial charge is 0.322 e. The van der Waals surface area contributed by atoms with Crippen molar-refractivity contribution in [3.05, 3.63) is 53.6 Å². The van der Waals surface area contributed by atoms with Crippen molar-refractivity contribution in [2.75, 3.05) is 7.11 Å². The molecule has 2 aromatic rings. The fraction of sp³-hybridized carbons (Fsp3) is 0.211. The van der Waals surface area contributed by atoms with Crippen LogP contribution in [0.2, 0.25) is 0 Å². The number of methoxy groups -OCH3 is 1. The molecule has 7 heteroatoms. The Hall–Kier alpha value is -3.35. The third-order valence-electron chi connectivity index (χ3n) is 4.25. The lowest BCUT2D eigenvalue weighted by Crippen LogP contribution is -2.22. The summed E-state index contributed by atoms with van der Waals surface area (Å²) < 4.78 is 5.16. The number of nitrogens with one attached hydrogen (secondary N) is 2. The summed E-state index contributed by atoms with van der Waals surface area (Å²) in [6.07, 6.45) is 0.280. The van der Waals surface area contributed by atoms with E-state index in [-0.39, 0.29) is 6.42 Å². The Kier molecular flexibility index (Phi) is 4.88. The highest BCUT2D eigenvalue weighted by Crippen LogP contribution is 2.30. The van der Waals surface area contributed by atoms with Gasteiger partial charge >= 0.3 is 12.0 Å². The number of imide groups is 1. The van der Waals surface area contributed by atoms with Gasteiger partial charge in [-0.1, -0.05) is 30.3 Å². The Bertz CT molecular complexity index is 861. The second-order valence-electron chi connectivity index (χ2n) is 5.93. The van der Waals surface area contributed by atoms with Crippen molar-refractivity contribution < 1.29 is 24.2 Å². The maximum Gasteiger partial charge on any atom is 0.322 e. The summed E-state index contributed by atoms with van der Waals surface area (Å²) >= 11 is 0. The van der Waals surface area contributed by atoms with E-state index in [1.807, 2.05) is 30.3 Å². The summed E-state index contributed by atoms with van der Waals surface area (Å²) in [6, 6.07) is 11.5. The fourth-order valence-corrected chi connectivity index (χ4v) is 2.95. The van der Waals surface area contributed by atoms with Crippen LogP contribution >= 0.6 is 0 Å². The van der Waals surface area contributed by atoms with Gasteiger partial charge in [0.1, 0.15) is 11.8 Å². The SMILES string of the molecule is COc1ccc(-c2ccc(C3NC(=O)NC3=O)cc2CCC(=O)O)cc1. The van der Waals surface area contributed by atoms with Crippen LogP contribution in [0.4, 0.5) is 4.79 Å². The molecule has 0 radical (unpaired) electrons. The van der Waals surface area contributed by atoms with Crippen LogP contribution in [-0.4, -0.2) is 30.1 Å². The summed E-state index contributed by atoms with van der Waals surface area (Å²) in [5.74, 6) is -0.595. The van der Waals surface area contributed by atoms with Gasteiger partial charge in [-0.3, -0.25) is 14.9 Å². The van der Waals surface area contributed by atoms with Gasteiger partial charge in [0, 0.05) is 6.42 Å². The molecule has 1 atom stereocenters. The molecule has 1 heterocycles. The molecule has 0 aliphatic carbocycles. The third kappa shape index (κ3) is 3.66.